The van der Waals surface area contributed by atoms with Gasteiger partial charge in [0.2, 0.25) is 0 Å². The molecule has 0 saturated heterocycles. The molecular weight excluding hydrogens is 222 g/mol. The highest BCUT2D eigenvalue weighted by molar-refractivity contribution is 6.17. The topological polar surface area (TPSA) is 33.1 Å². The van der Waals surface area contributed by atoms with Gasteiger partial charge in [-0.05, 0) is 18.9 Å². The molecule has 1 aromatic heterocycles. The van der Waals surface area contributed by atoms with E-state index >= 15 is 0 Å². The molecule has 1 N–H and O–H groups in total. The van der Waals surface area contributed by atoms with Gasteiger partial charge in [-0.1, -0.05) is 24.3 Å². The van der Waals surface area contributed by atoms with E-state index < -0.39 is 6.10 Å². The third-order valence-corrected chi connectivity index (χ3v) is 2.90. The van der Waals surface area contributed by atoms with E-state index in [-0.39, 0.29) is 0 Å². The van der Waals surface area contributed by atoms with Crippen molar-refractivity contribution in [2.45, 2.75) is 18.9 Å². The number of aromatic nitrogens is 1. The third kappa shape index (κ3) is 2.34. The maximum Gasteiger partial charge on any atom is 0.0811 e. The summed E-state index contributed by atoms with van der Waals surface area (Å²) in [6.07, 6.45) is 2.77. The number of nitrogens with zero attached hydrogens (tertiary/aromatic N) is 1. The van der Waals surface area contributed by atoms with Gasteiger partial charge in [0.1, 0.15) is 0 Å². The highest BCUT2D eigenvalue weighted by Gasteiger charge is 2.11. The zero-order valence-corrected chi connectivity index (χ0v) is 9.69. The molecule has 0 fully saturated rings. The SMILES string of the molecule is OC(CCCCl)c1cccc2cccnc12. The van der Waals surface area contributed by atoms with Gasteiger partial charge in [-0.2, -0.15) is 0 Å². The van der Waals surface area contributed by atoms with Crippen LogP contribution in [0.3, 0.4) is 0 Å². The largest absolute Gasteiger partial charge is 0.388 e. The molecule has 0 saturated carbocycles. The molecule has 0 aliphatic rings. The molecule has 84 valence electrons. The van der Waals surface area contributed by atoms with Crippen LogP contribution in [-0.2, 0) is 0 Å². The van der Waals surface area contributed by atoms with Gasteiger partial charge in [-0.25, -0.2) is 0 Å². The number of rotatable bonds is 4. The second kappa shape index (κ2) is 5.28. The van der Waals surface area contributed by atoms with E-state index in [1.807, 2.05) is 30.3 Å². The molecule has 0 amide bonds. The van der Waals surface area contributed by atoms with E-state index in [2.05, 4.69) is 4.98 Å². The molecule has 0 radical (unpaired) electrons. The van der Waals surface area contributed by atoms with Crippen LogP contribution in [0.5, 0.6) is 0 Å². The van der Waals surface area contributed by atoms with Crippen molar-refractivity contribution in [3.63, 3.8) is 0 Å². The molecular formula is C13H14ClNO. The number of fused-ring (bicyclic) bond motifs is 1. The first-order chi connectivity index (χ1) is 7.83. The Bertz CT molecular complexity index is 467. The Morgan fingerprint density at radius 2 is 2.06 bits per heavy atom. The van der Waals surface area contributed by atoms with Crippen LogP contribution < -0.4 is 0 Å². The summed E-state index contributed by atoms with van der Waals surface area (Å²) in [6.45, 7) is 0. The summed E-state index contributed by atoms with van der Waals surface area (Å²) >= 11 is 5.62. The molecule has 2 aromatic rings. The standard InChI is InChI=1S/C13H14ClNO/c14-8-2-7-12(16)11-6-1-4-10-5-3-9-15-13(10)11/h1,3-6,9,12,16H,2,7-8H2. The highest BCUT2D eigenvalue weighted by Crippen LogP contribution is 2.25. The van der Waals surface area contributed by atoms with Crippen molar-refractivity contribution in [3.8, 4) is 0 Å². The zero-order valence-electron chi connectivity index (χ0n) is 8.94. The van der Waals surface area contributed by atoms with Crippen molar-refractivity contribution in [1.29, 1.82) is 0 Å². The van der Waals surface area contributed by atoms with Crippen LogP contribution in [-0.4, -0.2) is 16.0 Å². The average Bonchev–Trinajstić information content (AvgIpc) is 2.35. The number of pyridine rings is 1. The molecule has 1 atom stereocenters. The van der Waals surface area contributed by atoms with E-state index in [1.54, 1.807) is 6.20 Å². The number of benzene rings is 1. The number of aliphatic hydroxyl groups excluding tert-OH is 1. The lowest BCUT2D eigenvalue weighted by Gasteiger charge is -2.12. The van der Waals surface area contributed by atoms with Crippen LogP contribution in [0, 0.1) is 0 Å². The average molecular weight is 236 g/mol. The lowest BCUT2D eigenvalue weighted by atomic mass is 10.0. The summed E-state index contributed by atoms with van der Waals surface area (Å²) in [7, 11) is 0. The molecule has 0 aliphatic heterocycles. The van der Waals surface area contributed by atoms with Gasteiger partial charge in [-0.3, -0.25) is 4.98 Å². The van der Waals surface area contributed by atoms with Crippen molar-refractivity contribution in [3.05, 3.63) is 42.1 Å². The van der Waals surface area contributed by atoms with Crippen molar-refractivity contribution in [2.24, 2.45) is 0 Å². The molecule has 1 heterocycles. The van der Waals surface area contributed by atoms with Crippen LogP contribution >= 0.6 is 11.6 Å². The van der Waals surface area contributed by atoms with Crippen LogP contribution in [0.25, 0.3) is 10.9 Å². The second-order valence-electron chi connectivity index (χ2n) is 3.77. The van der Waals surface area contributed by atoms with E-state index in [9.17, 15) is 5.11 Å². The van der Waals surface area contributed by atoms with E-state index in [4.69, 9.17) is 11.6 Å². The van der Waals surface area contributed by atoms with Crippen LogP contribution in [0.4, 0.5) is 0 Å². The Balaban J connectivity index is 2.36. The number of aliphatic hydroxyl groups is 1. The minimum atomic E-state index is -0.475. The number of alkyl halides is 1. The maximum absolute atomic E-state index is 10.1. The normalized spacial score (nSPS) is 12.9. The van der Waals surface area contributed by atoms with Gasteiger partial charge in [0.25, 0.3) is 0 Å². The van der Waals surface area contributed by atoms with Gasteiger partial charge in [-0.15, -0.1) is 11.6 Å². The Hall–Kier alpha value is -1.12. The van der Waals surface area contributed by atoms with Crippen LogP contribution in [0.15, 0.2) is 36.5 Å². The Morgan fingerprint density at radius 1 is 1.25 bits per heavy atom. The zero-order chi connectivity index (χ0) is 11.4. The predicted octanol–water partition coefficient (Wildman–Crippen LogP) is 3.29. The van der Waals surface area contributed by atoms with Crippen LogP contribution in [0.1, 0.15) is 24.5 Å². The van der Waals surface area contributed by atoms with Gasteiger partial charge >= 0.3 is 0 Å². The summed E-state index contributed by atoms with van der Waals surface area (Å²) in [5, 5.41) is 11.1. The fourth-order valence-corrected chi connectivity index (χ4v) is 1.98. The molecule has 0 aliphatic carbocycles. The number of hydrogen-bond acceptors (Lipinski definition) is 2. The Labute approximate surface area is 99.9 Å². The van der Waals surface area contributed by atoms with Crippen LogP contribution in [0.2, 0.25) is 0 Å². The molecule has 0 bridgehead atoms. The first-order valence-corrected chi connectivity index (χ1v) is 5.94. The first kappa shape index (κ1) is 11.4. The second-order valence-corrected chi connectivity index (χ2v) is 4.15. The molecule has 2 nitrogen and oxygen atoms in total. The van der Waals surface area contributed by atoms with E-state index in [0.717, 1.165) is 22.9 Å². The van der Waals surface area contributed by atoms with Crippen molar-refractivity contribution in [2.75, 3.05) is 5.88 Å². The molecule has 16 heavy (non-hydrogen) atoms. The van der Waals surface area contributed by atoms with E-state index in [1.165, 1.54) is 0 Å². The summed E-state index contributed by atoms with van der Waals surface area (Å²) < 4.78 is 0. The third-order valence-electron chi connectivity index (χ3n) is 2.63. The minimum Gasteiger partial charge on any atom is -0.388 e. The van der Waals surface area contributed by atoms with Gasteiger partial charge in [0.05, 0.1) is 11.6 Å². The van der Waals surface area contributed by atoms with Crippen molar-refractivity contribution < 1.29 is 5.11 Å². The Morgan fingerprint density at radius 3 is 2.88 bits per heavy atom. The van der Waals surface area contributed by atoms with E-state index in [0.29, 0.717) is 12.3 Å². The van der Waals surface area contributed by atoms with Crippen molar-refractivity contribution in [1.82, 2.24) is 4.98 Å². The quantitative estimate of drug-likeness (QED) is 0.825. The summed E-state index contributed by atoms with van der Waals surface area (Å²) in [6, 6.07) is 9.77. The predicted molar refractivity (Wildman–Crippen MR) is 66.7 cm³/mol. The lowest BCUT2D eigenvalue weighted by Crippen LogP contribution is -1.99. The minimum absolute atomic E-state index is 0.475. The monoisotopic (exact) mass is 235 g/mol. The Kier molecular flexibility index (Phi) is 3.75. The van der Waals surface area contributed by atoms with Gasteiger partial charge < -0.3 is 5.11 Å². The van der Waals surface area contributed by atoms with Gasteiger partial charge in [0.15, 0.2) is 0 Å². The molecule has 1 aromatic carbocycles. The summed E-state index contributed by atoms with van der Waals surface area (Å²) in [5.41, 5.74) is 1.77. The fraction of sp³-hybridized carbons (Fsp3) is 0.308. The molecule has 3 heteroatoms. The summed E-state index contributed by atoms with van der Waals surface area (Å²) in [5.74, 6) is 0.579. The maximum atomic E-state index is 10.1. The van der Waals surface area contributed by atoms with Crippen molar-refractivity contribution >= 4 is 22.5 Å². The molecule has 0 spiro atoms. The fourth-order valence-electron chi connectivity index (χ4n) is 1.82. The molecule has 2 rings (SSSR count). The number of hydrogen-bond donors (Lipinski definition) is 1. The lowest BCUT2D eigenvalue weighted by molar-refractivity contribution is 0.168. The smallest absolute Gasteiger partial charge is 0.0811 e. The number of halogens is 1. The van der Waals surface area contributed by atoms with Gasteiger partial charge in [0, 0.05) is 23.0 Å². The number of para-hydroxylation sites is 1. The molecule has 1 unspecified atom stereocenters. The highest BCUT2D eigenvalue weighted by atomic mass is 35.5. The first-order valence-electron chi connectivity index (χ1n) is 5.40. The summed E-state index contributed by atoms with van der Waals surface area (Å²) in [4.78, 5) is 4.32.